The molecule has 0 heterocycles. The Morgan fingerprint density at radius 1 is 0.938 bits per heavy atom. The van der Waals surface area contributed by atoms with Crippen LogP contribution < -0.4 is 0 Å². The molecule has 16 heavy (non-hydrogen) atoms. The Balaban J connectivity index is 4.78. The van der Waals surface area contributed by atoms with Gasteiger partial charge in [-0.2, -0.15) is 0 Å². The average Bonchev–Trinajstić information content (AvgIpc) is 2.10. The molecule has 0 fully saturated rings. The van der Waals surface area contributed by atoms with Crippen molar-refractivity contribution in [2.45, 2.75) is 81.1 Å². The normalized spacial score (nSPS) is 18.6. The van der Waals surface area contributed by atoms with Gasteiger partial charge in [0, 0.05) is 0 Å². The molecule has 0 N–H and O–H groups in total. The molecule has 0 nitrogen and oxygen atoms in total. The molecule has 0 aromatic rings. The van der Waals surface area contributed by atoms with Gasteiger partial charge in [0.25, 0.3) is 0 Å². The Labute approximate surface area is 104 Å². The number of hydrogen-bond acceptors (Lipinski definition) is 0. The van der Waals surface area contributed by atoms with Crippen molar-refractivity contribution in [1.82, 2.24) is 0 Å². The lowest BCUT2D eigenvalue weighted by Gasteiger charge is -2.48. The van der Waals surface area contributed by atoms with Gasteiger partial charge in [0.1, 0.15) is 0 Å². The van der Waals surface area contributed by atoms with Gasteiger partial charge in [-0.25, -0.2) is 0 Å². The Hall–Kier alpha value is 0. The fourth-order valence-corrected chi connectivity index (χ4v) is 2.92. The van der Waals surface area contributed by atoms with Crippen LogP contribution in [0.2, 0.25) is 0 Å². The van der Waals surface area contributed by atoms with Crippen molar-refractivity contribution in [2.24, 2.45) is 22.7 Å². The van der Waals surface area contributed by atoms with Gasteiger partial charge in [0.05, 0.1) is 0 Å². The van der Waals surface area contributed by atoms with Gasteiger partial charge in [0.15, 0.2) is 0 Å². The van der Waals surface area contributed by atoms with Crippen molar-refractivity contribution in [3.8, 4) is 0 Å². The second-order valence-electron chi connectivity index (χ2n) is 7.31. The van der Waals surface area contributed by atoms with Crippen LogP contribution in [-0.2, 0) is 0 Å². The molecule has 2 unspecified atom stereocenters. The summed E-state index contributed by atoms with van der Waals surface area (Å²) in [5.41, 5.74) is 0.876. The summed E-state index contributed by atoms with van der Waals surface area (Å²) in [6.07, 6.45) is 5.44. The second-order valence-corrected chi connectivity index (χ2v) is 7.31. The van der Waals surface area contributed by atoms with E-state index in [4.69, 9.17) is 0 Å². The molecule has 0 saturated carbocycles. The molecule has 0 aliphatic heterocycles. The minimum absolute atomic E-state index is 0.407. The summed E-state index contributed by atoms with van der Waals surface area (Å²) < 4.78 is 0. The molecule has 0 heteroatoms. The summed E-state index contributed by atoms with van der Waals surface area (Å²) >= 11 is 0. The maximum atomic E-state index is 2.51. The van der Waals surface area contributed by atoms with Gasteiger partial charge in [-0.15, -0.1) is 0 Å². The maximum Gasteiger partial charge on any atom is -0.0249 e. The van der Waals surface area contributed by atoms with Crippen LogP contribution in [0.3, 0.4) is 0 Å². The van der Waals surface area contributed by atoms with Crippen LogP contribution in [0.5, 0.6) is 0 Å². The molecule has 0 aromatic carbocycles. The zero-order valence-electron chi connectivity index (χ0n) is 13.0. The third kappa shape index (κ3) is 4.11. The summed E-state index contributed by atoms with van der Waals surface area (Å²) in [6.45, 7) is 19.2. The molecule has 0 amide bonds. The number of hydrogen-bond donors (Lipinski definition) is 0. The smallest absolute Gasteiger partial charge is 0.0249 e. The fourth-order valence-electron chi connectivity index (χ4n) is 2.92. The van der Waals surface area contributed by atoms with Crippen molar-refractivity contribution in [1.29, 1.82) is 0 Å². The van der Waals surface area contributed by atoms with Gasteiger partial charge in [-0.3, -0.25) is 0 Å². The van der Waals surface area contributed by atoms with E-state index in [2.05, 4.69) is 55.4 Å². The quantitative estimate of drug-likeness (QED) is 0.528. The van der Waals surface area contributed by atoms with Crippen molar-refractivity contribution in [3.63, 3.8) is 0 Å². The Kier molecular flexibility index (Phi) is 6.07. The minimum atomic E-state index is 0.407. The highest BCUT2D eigenvalue weighted by molar-refractivity contribution is 4.91. The van der Waals surface area contributed by atoms with E-state index >= 15 is 0 Å². The summed E-state index contributed by atoms with van der Waals surface area (Å²) in [6, 6.07) is 0. The molecular formula is C16H34. The van der Waals surface area contributed by atoms with E-state index in [0.29, 0.717) is 10.8 Å². The largest absolute Gasteiger partial charge is 0.0654 e. The van der Waals surface area contributed by atoms with E-state index in [1.54, 1.807) is 0 Å². The van der Waals surface area contributed by atoms with Crippen LogP contribution in [-0.4, -0.2) is 0 Å². The van der Waals surface area contributed by atoms with Crippen LogP contribution in [0.15, 0.2) is 0 Å². The number of unbranched alkanes of at least 4 members (excludes halogenated alkanes) is 1. The van der Waals surface area contributed by atoms with Crippen molar-refractivity contribution in [3.05, 3.63) is 0 Å². The SMILES string of the molecule is CCCCC(C)C(C)(CC(C)C)C(C)(C)C. The highest BCUT2D eigenvalue weighted by atomic mass is 14.5. The van der Waals surface area contributed by atoms with Crippen LogP contribution in [0.25, 0.3) is 0 Å². The highest BCUT2D eigenvalue weighted by Crippen LogP contribution is 2.50. The number of rotatable bonds is 6. The van der Waals surface area contributed by atoms with Gasteiger partial charge in [0.2, 0.25) is 0 Å². The van der Waals surface area contributed by atoms with Gasteiger partial charge >= 0.3 is 0 Å². The second kappa shape index (κ2) is 6.07. The molecule has 0 rings (SSSR count). The van der Waals surface area contributed by atoms with E-state index in [1.165, 1.54) is 25.7 Å². The predicted octanol–water partition coefficient (Wildman–Crippen LogP) is 5.91. The zero-order chi connectivity index (χ0) is 13.0. The molecular weight excluding hydrogens is 192 g/mol. The molecule has 0 bridgehead atoms. The van der Waals surface area contributed by atoms with Crippen LogP contribution >= 0.6 is 0 Å². The molecule has 0 aromatic heterocycles. The summed E-state index contributed by atoms with van der Waals surface area (Å²) in [7, 11) is 0. The monoisotopic (exact) mass is 226 g/mol. The molecule has 0 aliphatic rings. The van der Waals surface area contributed by atoms with E-state index in [1.807, 2.05) is 0 Å². The zero-order valence-corrected chi connectivity index (χ0v) is 13.0. The molecule has 0 aliphatic carbocycles. The van der Waals surface area contributed by atoms with Crippen LogP contribution in [0, 0.1) is 22.7 Å². The van der Waals surface area contributed by atoms with Gasteiger partial charge < -0.3 is 0 Å². The van der Waals surface area contributed by atoms with Crippen LogP contribution in [0.1, 0.15) is 81.1 Å². The molecule has 0 radical (unpaired) electrons. The summed E-state index contributed by atoms with van der Waals surface area (Å²) in [5, 5.41) is 0. The van der Waals surface area contributed by atoms with E-state index < -0.39 is 0 Å². The molecule has 98 valence electrons. The third-order valence-corrected chi connectivity index (χ3v) is 4.62. The van der Waals surface area contributed by atoms with Crippen LogP contribution in [0.4, 0.5) is 0 Å². The minimum Gasteiger partial charge on any atom is -0.0654 e. The third-order valence-electron chi connectivity index (χ3n) is 4.62. The predicted molar refractivity (Wildman–Crippen MR) is 75.7 cm³/mol. The Bertz CT molecular complexity index is 185. The van der Waals surface area contributed by atoms with E-state index in [-0.39, 0.29) is 0 Å². The lowest BCUT2D eigenvalue weighted by atomic mass is 9.57. The molecule has 2 atom stereocenters. The Morgan fingerprint density at radius 3 is 1.75 bits per heavy atom. The van der Waals surface area contributed by atoms with E-state index in [9.17, 15) is 0 Å². The molecule has 0 spiro atoms. The van der Waals surface area contributed by atoms with Crippen molar-refractivity contribution >= 4 is 0 Å². The topological polar surface area (TPSA) is 0 Å². The lowest BCUT2D eigenvalue weighted by Crippen LogP contribution is -2.40. The lowest BCUT2D eigenvalue weighted by molar-refractivity contribution is 0.0150. The maximum absolute atomic E-state index is 2.51. The average molecular weight is 226 g/mol. The first-order chi connectivity index (χ1) is 7.15. The van der Waals surface area contributed by atoms with E-state index in [0.717, 1.165) is 11.8 Å². The molecule has 0 saturated heterocycles. The Morgan fingerprint density at radius 2 is 1.44 bits per heavy atom. The van der Waals surface area contributed by atoms with Gasteiger partial charge in [-0.05, 0) is 29.1 Å². The summed E-state index contributed by atoms with van der Waals surface area (Å²) in [5.74, 6) is 1.63. The van der Waals surface area contributed by atoms with Crippen molar-refractivity contribution < 1.29 is 0 Å². The highest BCUT2D eigenvalue weighted by Gasteiger charge is 2.41. The standard InChI is InChI=1S/C16H34/c1-9-10-11-14(4)16(8,12-13(2)3)15(5,6)7/h13-14H,9-12H2,1-8H3. The first kappa shape index (κ1) is 16.0. The fraction of sp³-hybridized carbons (Fsp3) is 1.00. The summed E-state index contributed by atoms with van der Waals surface area (Å²) in [4.78, 5) is 0. The first-order valence-electron chi connectivity index (χ1n) is 7.15. The van der Waals surface area contributed by atoms with Crippen molar-refractivity contribution in [2.75, 3.05) is 0 Å². The first-order valence-corrected chi connectivity index (χ1v) is 7.15. The van der Waals surface area contributed by atoms with Gasteiger partial charge in [-0.1, -0.05) is 74.7 Å².